The monoisotopic (exact) mass is 444 g/mol. The zero-order valence-corrected chi connectivity index (χ0v) is 17.4. The predicted molar refractivity (Wildman–Crippen MR) is 118 cm³/mol. The third-order valence-corrected chi connectivity index (χ3v) is 5.58. The molecule has 6 nitrogen and oxygen atoms in total. The summed E-state index contributed by atoms with van der Waals surface area (Å²) in [6, 6.07) is 13.9. The van der Waals surface area contributed by atoms with Crippen molar-refractivity contribution in [3.05, 3.63) is 71.1 Å². The van der Waals surface area contributed by atoms with Crippen LogP contribution in [-0.2, 0) is 9.59 Å². The van der Waals surface area contributed by atoms with E-state index in [0.717, 1.165) is 29.7 Å². The Labute approximate surface area is 183 Å². The van der Waals surface area contributed by atoms with Crippen LogP contribution in [0.3, 0.4) is 0 Å². The van der Waals surface area contributed by atoms with E-state index < -0.39 is 17.6 Å². The molecule has 2 saturated heterocycles. The number of carbonyl (C=O) groups is 2. The second-order valence-corrected chi connectivity index (χ2v) is 7.69. The number of piperazine rings is 1. The minimum absolute atomic E-state index is 0.0304. The van der Waals surface area contributed by atoms with Crippen LogP contribution in [0.25, 0.3) is 0 Å². The number of anilines is 2. The van der Waals surface area contributed by atoms with E-state index >= 15 is 0 Å². The zero-order valence-electron chi connectivity index (χ0n) is 15.8. The number of benzene rings is 2. The third kappa shape index (κ3) is 4.01. The van der Waals surface area contributed by atoms with Gasteiger partial charge in [0.1, 0.15) is 11.4 Å². The summed E-state index contributed by atoms with van der Waals surface area (Å²) >= 11 is 11.0. The first-order chi connectivity index (χ1) is 14.4. The first-order valence-electron chi connectivity index (χ1n) is 9.35. The highest BCUT2D eigenvalue weighted by molar-refractivity contribution is 7.80. The van der Waals surface area contributed by atoms with Crippen molar-refractivity contribution in [1.82, 2.24) is 10.2 Å². The number of thiocarbonyl (C=S) groups is 1. The summed E-state index contributed by atoms with van der Waals surface area (Å²) < 4.78 is 13.5. The summed E-state index contributed by atoms with van der Waals surface area (Å²) in [5.74, 6) is -1.73. The molecule has 2 fully saturated rings. The van der Waals surface area contributed by atoms with Crippen LogP contribution >= 0.6 is 23.8 Å². The quantitative estimate of drug-likeness (QED) is 0.448. The molecule has 0 aromatic heterocycles. The third-order valence-electron chi connectivity index (χ3n) is 5.01. The van der Waals surface area contributed by atoms with E-state index in [1.54, 1.807) is 6.20 Å². The van der Waals surface area contributed by atoms with Gasteiger partial charge in [-0.1, -0.05) is 29.8 Å². The number of amides is 2. The molecule has 0 aliphatic carbocycles. The zero-order chi connectivity index (χ0) is 21.3. The number of nitrogens with zero attached hydrogens (tertiary/aromatic N) is 3. The lowest BCUT2D eigenvalue weighted by atomic mass is 10.1. The van der Waals surface area contributed by atoms with Gasteiger partial charge in [0.2, 0.25) is 0 Å². The van der Waals surface area contributed by atoms with Gasteiger partial charge in [0.15, 0.2) is 5.11 Å². The normalized spacial score (nSPS) is 18.8. The predicted octanol–water partition coefficient (Wildman–Crippen LogP) is 2.93. The number of nitrogens with one attached hydrogen (secondary N) is 1. The average molecular weight is 445 g/mol. The van der Waals surface area contributed by atoms with Gasteiger partial charge >= 0.3 is 0 Å². The Morgan fingerprint density at radius 2 is 1.70 bits per heavy atom. The van der Waals surface area contributed by atoms with Gasteiger partial charge in [-0.05, 0) is 42.5 Å². The molecule has 2 amide bonds. The molecule has 1 N–H and O–H groups in total. The Bertz CT molecular complexity index is 1040. The molecule has 30 heavy (non-hydrogen) atoms. The van der Waals surface area contributed by atoms with Crippen molar-refractivity contribution in [3.63, 3.8) is 0 Å². The Morgan fingerprint density at radius 3 is 2.37 bits per heavy atom. The van der Waals surface area contributed by atoms with Gasteiger partial charge in [-0.25, -0.2) is 4.39 Å². The smallest absolute Gasteiger partial charge is 0.271 e. The van der Waals surface area contributed by atoms with Crippen molar-refractivity contribution < 1.29 is 14.0 Å². The lowest BCUT2D eigenvalue weighted by Crippen LogP contribution is -2.55. The molecule has 0 atom stereocenters. The fourth-order valence-corrected chi connectivity index (χ4v) is 3.89. The number of halogens is 2. The van der Waals surface area contributed by atoms with E-state index in [9.17, 15) is 14.0 Å². The number of hydrogen-bond acceptors (Lipinski definition) is 5. The first kappa shape index (κ1) is 20.3. The number of hydrogen-bond donors (Lipinski definition) is 1. The van der Waals surface area contributed by atoms with Gasteiger partial charge in [-0.15, -0.1) is 0 Å². The van der Waals surface area contributed by atoms with E-state index in [2.05, 4.69) is 22.3 Å². The molecule has 0 unspecified atom stereocenters. The highest BCUT2D eigenvalue weighted by Gasteiger charge is 2.35. The summed E-state index contributed by atoms with van der Waals surface area (Å²) in [5.41, 5.74) is 1.40. The van der Waals surface area contributed by atoms with Crippen molar-refractivity contribution >= 4 is 52.1 Å². The number of rotatable bonds is 3. The van der Waals surface area contributed by atoms with Crippen molar-refractivity contribution in [2.45, 2.75) is 0 Å². The SMILES string of the molecule is O=C1NC(=S)N(c2ccc(F)c(Cl)c2)C(=O)/C1=C\N1CCN(c2ccccc2)CC1. The lowest BCUT2D eigenvalue weighted by molar-refractivity contribution is -0.122. The fraction of sp³-hybridized carbons (Fsp3) is 0.190. The maximum atomic E-state index is 13.5. The molecular formula is C21H18ClFN4O2S. The molecular weight excluding hydrogens is 427 g/mol. The van der Waals surface area contributed by atoms with Gasteiger partial charge in [0, 0.05) is 38.1 Å². The molecule has 0 spiro atoms. The molecule has 0 bridgehead atoms. The molecule has 2 heterocycles. The topological polar surface area (TPSA) is 55.9 Å². The van der Waals surface area contributed by atoms with Crippen LogP contribution in [-0.4, -0.2) is 48.0 Å². The van der Waals surface area contributed by atoms with Gasteiger partial charge in [-0.3, -0.25) is 19.8 Å². The summed E-state index contributed by atoms with van der Waals surface area (Å²) in [4.78, 5) is 30.8. The number of carbonyl (C=O) groups excluding carboxylic acids is 2. The highest BCUT2D eigenvalue weighted by atomic mass is 35.5. The van der Waals surface area contributed by atoms with E-state index in [1.165, 1.54) is 12.1 Å². The van der Waals surface area contributed by atoms with E-state index in [1.807, 2.05) is 23.1 Å². The summed E-state index contributed by atoms with van der Waals surface area (Å²) in [7, 11) is 0. The summed E-state index contributed by atoms with van der Waals surface area (Å²) in [5, 5.41) is 2.31. The molecule has 0 saturated carbocycles. The second-order valence-electron chi connectivity index (χ2n) is 6.90. The molecule has 2 aliphatic heterocycles. The lowest BCUT2D eigenvalue weighted by Gasteiger charge is -2.36. The van der Waals surface area contributed by atoms with Gasteiger partial charge in [0.25, 0.3) is 11.8 Å². The first-order valence-corrected chi connectivity index (χ1v) is 10.1. The Morgan fingerprint density at radius 1 is 1.00 bits per heavy atom. The van der Waals surface area contributed by atoms with Gasteiger partial charge in [-0.2, -0.15) is 0 Å². The van der Waals surface area contributed by atoms with E-state index in [4.69, 9.17) is 23.8 Å². The van der Waals surface area contributed by atoms with Crippen molar-refractivity contribution in [3.8, 4) is 0 Å². The Kier molecular flexibility index (Phi) is 5.69. The van der Waals surface area contributed by atoms with Crippen LogP contribution < -0.4 is 15.1 Å². The molecule has 4 rings (SSSR count). The van der Waals surface area contributed by atoms with Crippen LogP contribution in [0.5, 0.6) is 0 Å². The molecule has 0 radical (unpaired) electrons. The standard InChI is InChI=1S/C21H18ClFN4O2S/c22-17-12-15(6-7-18(17)23)27-20(29)16(19(28)24-21(27)30)13-25-8-10-26(11-9-25)14-4-2-1-3-5-14/h1-7,12-13H,8-11H2,(H,24,28,30)/b16-13-. The van der Waals surface area contributed by atoms with Crippen LogP contribution in [0, 0.1) is 5.82 Å². The average Bonchev–Trinajstić information content (AvgIpc) is 2.74. The van der Waals surface area contributed by atoms with E-state index in [-0.39, 0.29) is 21.4 Å². The van der Waals surface area contributed by atoms with Crippen LogP contribution in [0.1, 0.15) is 0 Å². The Balaban J connectivity index is 1.52. The number of para-hydroxylation sites is 1. The van der Waals surface area contributed by atoms with Gasteiger partial charge in [0.05, 0.1) is 10.7 Å². The highest BCUT2D eigenvalue weighted by Crippen LogP contribution is 2.26. The summed E-state index contributed by atoms with van der Waals surface area (Å²) in [6.07, 6.45) is 1.57. The molecule has 9 heteroatoms. The Hall–Kier alpha value is -2.97. The van der Waals surface area contributed by atoms with Crippen LogP contribution in [0.4, 0.5) is 15.8 Å². The fourth-order valence-electron chi connectivity index (χ4n) is 3.43. The van der Waals surface area contributed by atoms with Crippen molar-refractivity contribution in [2.24, 2.45) is 0 Å². The largest absolute Gasteiger partial charge is 0.373 e. The maximum Gasteiger partial charge on any atom is 0.271 e. The van der Waals surface area contributed by atoms with Crippen LogP contribution in [0.2, 0.25) is 5.02 Å². The van der Waals surface area contributed by atoms with Crippen molar-refractivity contribution in [2.75, 3.05) is 36.0 Å². The minimum Gasteiger partial charge on any atom is -0.373 e. The molecule has 2 aromatic rings. The van der Waals surface area contributed by atoms with Gasteiger partial charge < -0.3 is 9.80 Å². The second kappa shape index (κ2) is 8.41. The van der Waals surface area contributed by atoms with Crippen LogP contribution in [0.15, 0.2) is 60.3 Å². The maximum absolute atomic E-state index is 13.5. The summed E-state index contributed by atoms with van der Waals surface area (Å²) in [6.45, 7) is 2.84. The van der Waals surface area contributed by atoms with Crippen molar-refractivity contribution in [1.29, 1.82) is 0 Å². The molecule has 2 aliphatic rings. The molecule has 2 aromatic carbocycles. The minimum atomic E-state index is -0.605. The van der Waals surface area contributed by atoms with E-state index in [0.29, 0.717) is 13.1 Å². The molecule has 154 valence electrons.